The van der Waals surface area contributed by atoms with Crippen molar-refractivity contribution in [2.24, 2.45) is 0 Å². The van der Waals surface area contributed by atoms with Crippen molar-refractivity contribution in [3.05, 3.63) is 45.1 Å². The van der Waals surface area contributed by atoms with Crippen molar-refractivity contribution >= 4 is 40.6 Å². The second kappa shape index (κ2) is 4.40. The molecule has 1 aromatic heterocycles. The molecular formula is C12H8ClN3O2S. The lowest BCUT2D eigenvalue weighted by molar-refractivity contribution is -0.385. The molecule has 0 saturated heterocycles. The van der Waals surface area contributed by atoms with Crippen LogP contribution in [-0.4, -0.2) is 9.91 Å². The summed E-state index contributed by atoms with van der Waals surface area (Å²) in [7, 11) is 0. The van der Waals surface area contributed by atoms with Gasteiger partial charge in [0.05, 0.1) is 15.5 Å². The van der Waals surface area contributed by atoms with Gasteiger partial charge in [0.15, 0.2) is 0 Å². The number of hydrogen-bond donors (Lipinski definition) is 1. The van der Waals surface area contributed by atoms with Gasteiger partial charge < -0.3 is 5.32 Å². The number of nitrogens with one attached hydrogen (secondary N) is 1. The first-order chi connectivity index (χ1) is 9.04. The molecule has 0 aliphatic carbocycles. The van der Waals surface area contributed by atoms with Crippen LogP contribution in [-0.2, 0) is 0 Å². The van der Waals surface area contributed by atoms with Crippen LogP contribution in [0.1, 0.15) is 5.56 Å². The van der Waals surface area contributed by atoms with Crippen LogP contribution in [0.5, 0.6) is 0 Å². The lowest BCUT2D eigenvalue weighted by Crippen LogP contribution is -2.03. The number of pyridine rings is 1. The molecule has 7 heteroatoms. The van der Waals surface area contributed by atoms with Gasteiger partial charge >= 0.3 is 0 Å². The molecular weight excluding hydrogens is 286 g/mol. The zero-order chi connectivity index (χ0) is 13.6. The second-order valence-corrected chi connectivity index (χ2v) is 5.61. The molecule has 0 fully saturated rings. The van der Waals surface area contributed by atoms with Crippen molar-refractivity contribution in [1.29, 1.82) is 0 Å². The van der Waals surface area contributed by atoms with Gasteiger partial charge in [-0.15, -0.1) is 0 Å². The Bertz CT molecular complexity index is 706. The molecule has 0 atom stereocenters. The minimum absolute atomic E-state index is 0.0119. The normalized spacial score (nSPS) is 12.3. The minimum atomic E-state index is -0.448. The molecule has 5 nitrogen and oxygen atoms in total. The molecule has 0 bridgehead atoms. The Morgan fingerprint density at radius 2 is 2.16 bits per heavy atom. The first-order valence-electron chi connectivity index (χ1n) is 5.44. The third kappa shape index (κ3) is 2.13. The molecule has 0 unspecified atom stereocenters. The molecule has 1 aliphatic heterocycles. The van der Waals surface area contributed by atoms with Crippen LogP contribution in [0.3, 0.4) is 0 Å². The highest BCUT2D eigenvalue weighted by molar-refractivity contribution is 7.99. The fourth-order valence-corrected chi connectivity index (χ4v) is 3.03. The van der Waals surface area contributed by atoms with Crippen LogP contribution in [0.4, 0.5) is 17.2 Å². The number of fused-ring (bicyclic) bond motifs is 2. The van der Waals surface area contributed by atoms with Crippen LogP contribution in [0.15, 0.2) is 34.2 Å². The van der Waals surface area contributed by atoms with Gasteiger partial charge in [-0.25, -0.2) is 4.98 Å². The van der Waals surface area contributed by atoms with E-state index < -0.39 is 4.92 Å². The molecule has 0 saturated carbocycles. The van der Waals surface area contributed by atoms with E-state index in [2.05, 4.69) is 10.3 Å². The number of benzene rings is 1. The van der Waals surface area contributed by atoms with Crippen molar-refractivity contribution in [3.63, 3.8) is 0 Å². The number of hydrogen-bond acceptors (Lipinski definition) is 5. The third-order valence-corrected chi connectivity index (χ3v) is 4.28. The Kier molecular flexibility index (Phi) is 2.83. The molecule has 3 rings (SSSR count). The smallest absolute Gasteiger partial charge is 0.288 e. The largest absolute Gasteiger partial charge is 0.338 e. The Balaban J connectivity index is 2.06. The molecule has 19 heavy (non-hydrogen) atoms. The average molecular weight is 294 g/mol. The maximum atomic E-state index is 10.7. The predicted molar refractivity (Wildman–Crippen MR) is 74.5 cm³/mol. The first-order valence-corrected chi connectivity index (χ1v) is 6.63. The van der Waals surface area contributed by atoms with Gasteiger partial charge in [-0.1, -0.05) is 23.4 Å². The van der Waals surface area contributed by atoms with Gasteiger partial charge in [0.2, 0.25) is 0 Å². The van der Waals surface area contributed by atoms with Gasteiger partial charge in [-0.2, -0.15) is 0 Å². The van der Waals surface area contributed by atoms with Crippen LogP contribution in [0.2, 0.25) is 5.02 Å². The molecule has 2 heterocycles. The number of aryl methyl sites for hydroxylation is 1. The Hall–Kier alpha value is -1.79. The number of anilines is 2. The van der Waals surface area contributed by atoms with E-state index in [9.17, 15) is 10.1 Å². The Morgan fingerprint density at radius 3 is 2.89 bits per heavy atom. The molecule has 96 valence electrons. The van der Waals surface area contributed by atoms with Crippen molar-refractivity contribution in [1.82, 2.24) is 4.98 Å². The fourth-order valence-electron chi connectivity index (χ4n) is 1.79. The Morgan fingerprint density at radius 1 is 1.37 bits per heavy atom. The van der Waals surface area contributed by atoms with Crippen LogP contribution in [0.25, 0.3) is 0 Å². The molecule has 0 spiro atoms. The maximum Gasteiger partial charge on any atom is 0.288 e. The van der Waals surface area contributed by atoms with Gasteiger partial charge in [0.25, 0.3) is 5.69 Å². The van der Waals surface area contributed by atoms with E-state index in [0.29, 0.717) is 10.8 Å². The molecule has 0 radical (unpaired) electrons. The zero-order valence-corrected chi connectivity index (χ0v) is 11.4. The van der Waals surface area contributed by atoms with E-state index in [1.54, 1.807) is 0 Å². The SMILES string of the molecule is Cc1cc2c(cc1Cl)Nc1ncc([N+](=O)[O-])cc1S2. The molecule has 1 N–H and O–H groups in total. The van der Waals surface area contributed by atoms with Gasteiger partial charge in [0.1, 0.15) is 12.0 Å². The highest BCUT2D eigenvalue weighted by atomic mass is 35.5. The highest BCUT2D eigenvalue weighted by Gasteiger charge is 2.20. The molecule has 2 aromatic rings. The van der Waals surface area contributed by atoms with E-state index in [4.69, 9.17) is 11.6 Å². The van der Waals surface area contributed by atoms with Crippen LogP contribution < -0.4 is 5.32 Å². The topological polar surface area (TPSA) is 68.1 Å². The summed E-state index contributed by atoms with van der Waals surface area (Å²) >= 11 is 7.53. The van der Waals surface area contributed by atoms with Gasteiger partial charge in [-0.3, -0.25) is 10.1 Å². The zero-order valence-electron chi connectivity index (χ0n) is 9.81. The summed E-state index contributed by atoms with van der Waals surface area (Å²) in [5, 5.41) is 14.6. The monoisotopic (exact) mass is 293 g/mol. The lowest BCUT2D eigenvalue weighted by atomic mass is 10.2. The van der Waals surface area contributed by atoms with E-state index in [-0.39, 0.29) is 5.69 Å². The summed E-state index contributed by atoms with van der Waals surface area (Å²) < 4.78 is 0. The standard InChI is InChI=1S/C12H8ClN3O2S/c1-6-2-10-9(4-8(6)13)15-12-11(19-10)3-7(5-14-12)16(17)18/h2-5H,1H3,(H,14,15). The number of aromatic nitrogens is 1. The quantitative estimate of drug-likeness (QED) is 0.539. The van der Waals surface area contributed by atoms with E-state index in [1.165, 1.54) is 24.0 Å². The summed E-state index contributed by atoms with van der Waals surface area (Å²) in [5.41, 5.74) is 1.83. The average Bonchev–Trinajstić information content (AvgIpc) is 2.37. The fraction of sp³-hybridized carbons (Fsp3) is 0.0833. The molecule has 1 aliphatic rings. The van der Waals surface area contributed by atoms with Gasteiger partial charge in [0, 0.05) is 16.0 Å². The van der Waals surface area contributed by atoms with Crippen molar-refractivity contribution in [2.75, 3.05) is 5.32 Å². The number of halogens is 1. The Labute approximate surface area is 118 Å². The summed E-state index contributed by atoms with van der Waals surface area (Å²) in [6, 6.07) is 5.31. The predicted octanol–water partition coefficient (Wildman–Crippen LogP) is 4.16. The summed E-state index contributed by atoms with van der Waals surface area (Å²) in [6.07, 6.45) is 1.24. The first kappa shape index (κ1) is 12.3. The third-order valence-electron chi connectivity index (χ3n) is 2.78. The summed E-state index contributed by atoms with van der Waals surface area (Å²) in [5.74, 6) is 0.614. The van der Waals surface area contributed by atoms with Crippen molar-refractivity contribution in [2.45, 2.75) is 16.7 Å². The van der Waals surface area contributed by atoms with Crippen LogP contribution >= 0.6 is 23.4 Å². The van der Waals surface area contributed by atoms with Gasteiger partial charge in [-0.05, 0) is 24.6 Å². The number of nitro groups is 1. The van der Waals surface area contributed by atoms with Crippen molar-refractivity contribution in [3.8, 4) is 0 Å². The second-order valence-electron chi connectivity index (χ2n) is 4.12. The molecule has 0 amide bonds. The van der Waals surface area contributed by atoms with E-state index in [0.717, 1.165) is 21.0 Å². The highest BCUT2D eigenvalue weighted by Crippen LogP contribution is 2.45. The number of nitrogens with zero attached hydrogens (tertiary/aromatic N) is 2. The summed E-state index contributed by atoms with van der Waals surface area (Å²) in [6.45, 7) is 1.92. The van der Waals surface area contributed by atoms with Crippen LogP contribution in [0, 0.1) is 17.0 Å². The molecule has 1 aromatic carbocycles. The van der Waals surface area contributed by atoms with E-state index >= 15 is 0 Å². The summed E-state index contributed by atoms with van der Waals surface area (Å²) in [4.78, 5) is 16.1. The maximum absolute atomic E-state index is 10.7. The van der Waals surface area contributed by atoms with E-state index in [1.807, 2.05) is 19.1 Å². The van der Waals surface area contributed by atoms with Crippen molar-refractivity contribution < 1.29 is 4.92 Å². The lowest BCUT2D eigenvalue weighted by Gasteiger charge is -2.20. The minimum Gasteiger partial charge on any atom is -0.338 e. The number of rotatable bonds is 1.